The molecule has 0 saturated heterocycles. The molecule has 0 atom stereocenters. The van der Waals surface area contributed by atoms with E-state index in [9.17, 15) is 9.59 Å². The highest BCUT2D eigenvalue weighted by Gasteiger charge is 2.23. The third kappa shape index (κ3) is 3.12. The van der Waals surface area contributed by atoms with Crippen molar-refractivity contribution in [3.63, 3.8) is 0 Å². The molecule has 1 aromatic carbocycles. The normalized spacial score (nSPS) is 14.1. The van der Waals surface area contributed by atoms with Gasteiger partial charge in [0.1, 0.15) is 0 Å². The van der Waals surface area contributed by atoms with Gasteiger partial charge in [-0.3, -0.25) is 9.59 Å². The fourth-order valence-electron chi connectivity index (χ4n) is 2.30. The number of carbonyl (C=O) groups excluding carboxylic acids is 1. The molecule has 0 fully saturated rings. The zero-order chi connectivity index (χ0) is 14.0. The van der Waals surface area contributed by atoms with Gasteiger partial charge in [0.2, 0.25) is 5.91 Å². The number of carboxylic acids is 1. The Labute approximate surface area is 112 Å². The fourth-order valence-corrected chi connectivity index (χ4v) is 2.30. The summed E-state index contributed by atoms with van der Waals surface area (Å²) in [6.45, 7) is 1.21. The molecule has 1 heterocycles. The van der Waals surface area contributed by atoms with Gasteiger partial charge < -0.3 is 14.9 Å². The standard InChI is InChI=1S/C14H18N2O3/c1-15(6-5-14(18)19)9-10-3-4-12-11(7-10)8-13(17)16(12)2/h3-4,7H,5-6,8-9H2,1-2H3,(H,18,19). The molecule has 5 heteroatoms. The van der Waals surface area contributed by atoms with Crippen LogP contribution in [0, 0.1) is 0 Å². The average Bonchev–Trinajstić information content (AvgIpc) is 2.62. The second-order valence-corrected chi connectivity index (χ2v) is 4.97. The first kappa shape index (κ1) is 13.5. The number of benzene rings is 1. The highest BCUT2D eigenvalue weighted by molar-refractivity contribution is 6.00. The smallest absolute Gasteiger partial charge is 0.304 e. The number of rotatable bonds is 5. The van der Waals surface area contributed by atoms with Crippen molar-refractivity contribution in [2.24, 2.45) is 0 Å². The lowest BCUT2D eigenvalue weighted by Crippen LogP contribution is -2.21. The van der Waals surface area contributed by atoms with Gasteiger partial charge in [0.15, 0.2) is 0 Å². The minimum atomic E-state index is -0.784. The van der Waals surface area contributed by atoms with E-state index in [0.29, 0.717) is 19.5 Å². The summed E-state index contributed by atoms with van der Waals surface area (Å²) >= 11 is 0. The van der Waals surface area contributed by atoms with Crippen LogP contribution in [-0.4, -0.2) is 42.5 Å². The Bertz CT molecular complexity index is 513. The van der Waals surface area contributed by atoms with E-state index in [0.717, 1.165) is 16.8 Å². The van der Waals surface area contributed by atoms with Crippen LogP contribution in [0.3, 0.4) is 0 Å². The summed E-state index contributed by atoms with van der Waals surface area (Å²) in [6.07, 6.45) is 0.598. The molecular weight excluding hydrogens is 244 g/mol. The third-order valence-corrected chi connectivity index (χ3v) is 3.38. The van der Waals surface area contributed by atoms with E-state index in [-0.39, 0.29) is 12.3 Å². The SMILES string of the molecule is CN(CCC(=O)O)Cc1ccc2c(c1)CC(=O)N2C. The Hall–Kier alpha value is -1.88. The van der Waals surface area contributed by atoms with Gasteiger partial charge in [-0.05, 0) is 24.2 Å². The maximum atomic E-state index is 11.6. The van der Waals surface area contributed by atoms with E-state index in [1.54, 1.807) is 11.9 Å². The summed E-state index contributed by atoms with van der Waals surface area (Å²) in [5.41, 5.74) is 3.13. The summed E-state index contributed by atoms with van der Waals surface area (Å²) in [4.78, 5) is 25.7. The van der Waals surface area contributed by atoms with Gasteiger partial charge in [-0.15, -0.1) is 0 Å². The molecule has 5 nitrogen and oxygen atoms in total. The summed E-state index contributed by atoms with van der Waals surface area (Å²) < 4.78 is 0. The van der Waals surface area contributed by atoms with Crippen LogP contribution in [0.15, 0.2) is 18.2 Å². The van der Waals surface area contributed by atoms with Crippen molar-refractivity contribution in [3.05, 3.63) is 29.3 Å². The quantitative estimate of drug-likeness (QED) is 0.863. The summed E-state index contributed by atoms with van der Waals surface area (Å²) in [5.74, 6) is -0.667. The summed E-state index contributed by atoms with van der Waals surface area (Å²) in [5, 5.41) is 8.64. The number of amides is 1. The molecule has 0 aromatic heterocycles. The van der Waals surface area contributed by atoms with Gasteiger partial charge in [-0.1, -0.05) is 12.1 Å². The highest BCUT2D eigenvalue weighted by atomic mass is 16.4. The maximum absolute atomic E-state index is 11.6. The van der Waals surface area contributed by atoms with Crippen molar-refractivity contribution < 1.29 is 14.7 Å². The Morgan fingerprint density at radius 1 is 1.47 bits per heavy atom. The zero-order valence-electron chi connectivity index (χ0n) is 11.2. The van der Waals surface area contributed by atoms with Gasteiger partial charge in [0.05, 0.1) is 12.8 Å². The maximum Gasteiger partial charge on any atom is 0.304 e. The lowest BCUT2D eigenvalue weighted by atomic mass is 10.1. The largest absolute Gasteiger partial charge is 0.481 e. The fraction of sp³-hybridized carbons (Fsp3) is 0.429. The summed E-state index contributed by atoms with van der Waals surface area (Å²) in [7, 11) is 3.68. The number of hydrogen-bond donors (Lipinski definition) is 1. The Morgan fingerprint density at radius 3 is 2.89 bits per heavy atom. The molecule has 2 rings (SSSR count). The number of nitrogens with zero attached hydrogens (tertiary/aromatic N) is 2. The van der Waals surface area contributed by atoms with E-state index in [4.69, 9.17) is 5.11 Å². The molecule has 1 amide bonds. The third-order valence-electron chi connectivity index (χ3n) is 3.38. The topological polar surface area (TPSA) is 60.9 Å². The number of likely N-dealkylation sites (N-methyl/N-ethyl adjacent to an activating group) is 1. The predicted octanol–water partition coefficient (Wildman–Crippen LogP) is 1.11. The molecule has 0 saturated carbocycles. The lowest BCUT2D eigenvalue weighted by Gasteiger charge is -2.16. The van der Waals surface area contributed by atoms with Crippen molar-refractivity contribution in [1.29, 1.82) is 0 Å². The number of aliphatic carboxylic acids is 1. The van der Waals surface area contributed by atoms with Crippen LogP contribution in [0.4, 0.5) is 5.69 Å². The molecule has 0 bridgehead atoms. The monoisotopic (exact) mass is 262 g/mol. The summed E-state index contributed by atoms with van der Waals surface area (Å²) in [6, 6.07) is 5.99. The van der Waals surface area contributed by atoms with E-state index in [1.165, 1.54) is 0 Å². The van der Waals surface area contributed by atoms with E-state index in [1.807, 2.05) is 30.1 Å². The first-order chi connectivity index (χ1) is 8.97. The van der Waals surface area contributed by atoms with Crippen molar-refractivity contribution >= 4 is 17.6 Å². The van der Waals surface area contributed by atoms with Gasteiger partial charge >= 0.3 is 5.97 Å². The molecule has 1 aliphatic heterocycles. The second kappa shape index (κ2) is 5.40. The molecule has 0 aliphatic carbocycles. The first-order valence-corrected chi connectivity index (χ1v) is 6.26. The number of hydrogen-bond acceptors (Lipinski definition) is 3. The van der Waals surface area contributed by atoms with Crippen LogP contribution in [0.2, 0.25) is 0 Å². The molecule has 19 heavy (non-hydrogen) atoms. The number of anilines is 1. The molecular formula is C14H18N2O3. The van der Waals surface area contributed by atoms with E-state index >= 15 is 0 Å². The van der Waals surface area contributed by atoms with Crippen LogP contribution in [0.1, 0.15) is 17.5 Å². The molecule has 102 valence electrons. The van der Waals surface area contributed by atoms with E-state index < -0.39 is 5.97 Å². The van der Waals surface area contributed by atoms with E-state index in [2.05, 4.69) is 0 Å². The van der Waals surface area contributed by atoms with Crippen LogP contribution in [0.25, 0.3) is 0 Å². The number of fused-ring (bicyclic) bond motifs is 1. The van der Waals surface area contributed by atoms with Crippen molar-refractivity contribution in [1.82, 2.24) is 4.90 Å². The average molecular weight is 262 g/mol. The van der Waals surface area contributed by atoms with Crippen LogP contribution >= 0.6 is 0 Å². The number of carbonyl (C=O) groups is 2. The second-order valence-electron chi connectivity index (χ2n) is 4.97. The first-order valence-electron chi connectivity index (χ1n) is 6.26. The van der Waals surface area contributed by atoms with Crippen LogP contribution < -0.4 is 4.90 Å². The molecule has 1 N–H and O–H groups in total. The van der Waals surface area contributed by atoms with Gasteiger partial charge in [-0.25, -0.2) is 0 Å². The molecule has 0 radical (unpaired) electrons. The molecule has 1 aliphatic rings. The molecule has 1 aromatic rings. The minimum absolute atomic E-state index is 0.117. The molecule has 0 unspecified atom stereocenters. The Kier molecular flexibility index (Phi) is 3.85. The lowest BCUT2D eigenvalue weighted by molar-refractivity contribution is -0.137. The van der Waals surface area contributed by atoms with Crippen molar-refractivity contribution in [2.45, 2.75) is 19.4 Å². The van der Waals surface area contributed by atoms with Gasteiger partial charge in [-0.2, -0.15) is 0 Å². The Balaban J connectivity index is 2.02. The van der Waals surface area contributed by atoms with Crippen LogP contribution in [-0.2, 0) is 22.6 Å². The predicted molar refractivity (Wildman–Crippen MR) is 72.1 cm³/mol. The zero-order valence-corrected chi connectivity index (χ0v) is 11.2. The molecule has 0 spiro atoms. The van der Waals surface area contributed by atoms with Crippen molar-refractivity contribution in [2.75, 3.05) is 25.5 Å². The van der Waals surface area contributed by atoms with Gasteiger partial charge in [0.25, 0.3) is 0 Å². The van der Waals surface area contributed by atoms with Crippen molar-refractivity contribution in [3.8, 4) is 0 Å². The van der Waals surface area contributed by atoms with Crippen LogP contribution in [0.5, 0.6) is 0 Å². The van der Waals surface area contributed by atoms with Gasteiger partial charge in [0, 0.05) is 25.8 Å². The Morgan fingerprint density at radius 2 is 2.21 bits per heavy atom. The minimum Gasteiger partial charge on any atom is -0.481 e. The highest BCUT2D eigenvalue weighted by Crippen LogP contribution is 2.28. The number of carboxylic acid groups (broad SMARTS) is 1.